The van der Waals surface area contributed by atoms with Gasteiger partial charge in [-0.1, -0.05) is 0 Å². The summed E-state index contributed by atoms with van der Waals surface area (Å²) in [5.41, 5.74) is -0.0218. The lowest BCUT2D eigenvalue weighted by Crippen LogP contribution is -2.22. The van der Waals surface area contributed by atoms with Gasteiger partial charge < -0.3 is 18.9 Å². The topological polar surface area (TPSA) is 88.1 Å². The molecule has 0 aliphatic rings. The maximum atomic E-state index is 11.7. The summed E-state index contributed by atoms with van der Waals surface area (Å²) in [7, 11) is 0. The summed E-state index contributed by atoms with van der Waals surface area (Å²) in [6, 6.07) is 0. The molecule has 0 aliphatic heterocycles. The van der Waals surface area contributed by atoms with E-state index in [2.05, 4.69) is 0 Å². The fraction of sp³-hybridized carbons (Fsp3) is 0.643. The van der Waals surface area contributed by atoms with E-state index in [0.717, 1.165) is 6.26 Å². The van der Waals surface area contributed by atoms with Crippen LogP contribution in [0.1, 0.15) is 34.1 Å². The van der Waals surface area contributed by atoms with E-state index in [1.807, 2.05) is 0 Å². The van der Waals surface area contributed by atoms with Crippen molar-refractivity contribution >= 4 is 17.9 Å². The van der Waals surface area contributed by atoms with Crippen molar-refractivity contribution in [3.8, 4) is 0 Å². The van der Waals surface area contributed by atoms with Crippen molar-refractivity contribution in [3.05, 3.63) is 11.8 Å². The Bertz CT molecular complexity index is 387. The van der Waals surface area contributed by atoms with Gasteiger partial charge in [0.25, 0.3) is 0 Å². The highest BCUT2D eigenvalue weighted by atomic mass is 16.6. The van der Waals surface area contributed by atoms with Crippen LogP contribution in [0.4, 0.5) is 0 Å². The van der Waals surface area contributed by atoms with Crippen molar-refractivity contribution in [3.63, 3.8) is 0 Å². The van der Waals surface area contributed by atoms with Crippen molar-refractivity contribution < 1.29 is 33.3 Å². The summed E-state index contributed by atoms with van der Waals surface area (Å²) >= 11 is 0. The molecule has 0 aromatic heterocycles. The van der Waals surface area contributed by atoms with Crippen LogP contribution in [0.15, 0.2) is 11.8 Å². The summed E-state index contributed by atoms with van der Waals surface area (Å²) in [6.07, 6.45) is -0.143. The van der Waals surface area contributed by atoms with Crippen LogP contribution in [0.2, 0.25) is 0 Å². The molecule has 0 bridgehead atoms. The largest absolute Gasteiger partial charge is 0.486 e. The standard InChI is InChI=1S/C14H22O7/c1-5-18-12(15)8-11(14(17)20-7-3)9-21-10(4)13(16)19-6-2/h9-10H,5-8H2,1-4H3/b11-9-/t10-/m1/s1. The Hall–Kier alpha value is -2.05. The Morgan fingerprint density at radius 3 is 2.05 bits per heavy atom. The van der Waals surface area contributed by atoms with Crippen LogP contribution in [0.25, 0.3) is 0 Å². The lowest BCUT2D eigenvalue weighted by molar-refractivity contribution is -0.152. The predicted molar refractivity (Wildman–Crippen MR) is 73.1 cm³/mol. The quantitative estimate of drug-likeness (QED) is 0.275. The lowest BCUT2D eigenvalue weighted by atomic mass is 10.2. The molecule has 1 atom stereocenters. The molecule has 0 saturated carbocycles. The van der Waals surface area contributed by atoms with Gasteiger partial charge in [-0.05, 0) is 27.7 Å². The van der Waals surface area contributed by atoms with Gasteiger partial charge in [0, 0.05) is 0 Å². The molecule has 0 amide bonds. The van der Waals surface area contributed by atoms with Gasteiger partial charge in [0.2, 0.25) is 0 Å². The van der Waals surface area contributed by atoms with Gasteiger partial charge in [0.15, 0.2) is 6.10 Å². The first-order valence-electron chi connectivity index (χ1n) is 6.80. The molecule has 0 unspecified atom stereocenters. The number of ether oxygens (including phenoxy) is 4. The van der Waals surface area contributed by atoms with Gasteiger partial charge >= 0.3 is 17.9 Å². The second-order valence-electron chi connectivity index (χ2n) is 3.88. The third kappa shape index (κ3) is 7.96. The number of rotatable bonds is 9. The first kappa shape index (κ1) is 18.9. The van der Waals surface area contributed by atoms with E-state index < -0.39 is 24.0 Å². The maximum Gasteiger partial charge on any atom is 0.346 e. The lowest BCUT2D eigenvalue weighted by Gasteiger charge is -2.12. The average molecular weight is 302 g/mol. The molecule has 0 spiro atoms. The Morgan fingerprint density at radius 1 is 0.952 bits per heavy atom. The first-order chi connectivity index (χ1) is 9.96. The summed E-state index contributed by atoms with van der Waals surface area (Å²) < 4.78 is 19.5. The number of esters is 3. The monoisotopic (exact) mass is 302 g/mol. The normalized spacial score (nSPS) is 12.3. The van der Waals surface area contributed by atoms with Gasteiger partial charge in [-0.2, -0.15) is 0 Å². The van der Waals surface area contributed by atoms with Crippen molar-refractivity contribution in [1.29, 1.82) is 0 Å². The molecule has 0 aliphatic carbocycles. The SMILES string of the molecule is CCOC(=O)C/C(=C/O[C@H](C)C(=O)OCC)C(=O)OCC. The minimum atomic E-state index is -0.892. The second-order valence-corrected chi connectivity index (χ2v) is 3.88. The summed E-state index contributed by atoms with van der Waals surface area (Å²) in [5.74, 6) is -1.83. The number of hydrogen-bond donors (Lipinski definition) is 0. The van der Waals surface area contributed by atoms with Crippen LogP contribution >= 0.6 is 0 Å². The highest BCUT2D eigenvalue weighted by Gasteiger charge is 2.19. The first-order valence-corrected chi connectivity index (χ1v) is 6.80. The highest BCUT2D eigenvalue weighted by Crippen LogP contribution is 2.08. The molecule has 0 radical (unpaired) electrons. The van der Waals surface area contributed by atoms with Crippen LogP contribution < -0.4 is 0 Å². The van der Waals surface area contributed by atoms with E-state index in [1.165, 1.54) is 6.92 Å². The van der Waals surface area contributed by atoms with Crippen LogP contribution in [-0.4, -0.2) is 43.8 Å². The molecule has 21 heavy (non-hydrogen) atoms. The van der Waals surface area contributed by atoms with Gasteiger partial charge in [-0.25, -0.2) is 9.59 Å². The molecular weight excluding hydrogens is 280 g/mol. The Morgan fingerprint density at radius 2 is 1.52 bits per heavy atom. The van der Waals surface area contributed by atoms with Gasteiger partial charge in [0.05, 0.1) is 38.1 Å². The van der Waals surface area contributed by atoms with Crippen LogP contribution in [0, 0.1) is 0 Å². The fourth-order valence-corrected chi connectivity index (χ4v) is 1.25. The molecule has 120 valence electrons. The third-order valence-electron chi connectivity index (χ3n) is 2.21. The Labute approximate surface area is 124 Å². The van der Waals surface area contributed by atoms with Crippen molar-refractivity contribution in [2.75, 3.05) is 19.8 Å². The van der Waals surface area contributed by atoms with Crippen LogP contribution in [0.5, 0.6) is 0 Å². The molecule has 0 aromatic rings. The maximum absolute atomic E-state index is 11.7. The van der Waals surface area contributed by atoms with E-state index in [-0.39, 0.29) is 31.8 Å². The summed E-state index contributed by atoms with van der Waals surface area (Å²) in [5, 5.41) is 0. The molecular formula is C14H22O7. The highest BCUT2D eigenvalue weighted by molar-refractivity contribution is 5.93. The Kier molecular flexibility index (Phi) is 9.66. The van der Waals surface area contributed by atoms with Crippen LogP contribution in [-0.2, 0) is 33.3 Å². The zero-order valence-corrected chi connectivity index (χ0v) is 12.8. The van der Waals surface area contributed by atoms with E-state index in [0.29, 0.717) is 0 Å². The smallest absolute Gasteiger partial charge is 0.346 e. The molecule has 7 nitrogen and oxygen atoms in total. The molecule has 0 rings (SSSR count). The van der Waals surface area contributed by atoms with Crippen LogP contribution in [0.3, 0.4) is 0 Å². The molecule has 0 saturated heterocycles. The molecule has 7 heteroatoms. The van der Waals surface area contributed by atoms with Crippen molar-refractivity contribution in [1.82, 2.24) is 0 Å². The number of hydrogen-bond acceptors (Lipinski definition) is 7. The fourth-order valence-electron chi connectivity index (χ4n) is 1.25. The van der Waals surface area contributed by atoms with Gasteiger partial charge in [-0.3, -0.25) is 4.79 Å². The minimum absolute atomic E-state index is 0.0218. The van der Waals surface area contributed by atoms with Crippen molar-refractivity contribution in [2.45, 2.75) is 40.2 Å². The second kappa shape index (κ2) is 10.7. The average Bonchev–Trinajstić information content (AvgIpc) is 2.43. The van der Waals surface area contributed by atoms with Gasteiger partial charge in [-0.15, -0.1) is 0 Å². The number of carbonyl (C=O) groups is 3. The summed E-state index contributed by atoms with van der Waals surface area (Å²) in [4.78, 5) is 34.5. The van der Waals surface area contributed by atoms with E-state index in [4.69, 9.17) is 18.9 Å². The zero-order valence-electron chi connectivity index (χ0n) is 12.8. The zero-order chi connectivity index (χ0) is 16.3. The predicted octanol–water partition coefficient (Wildman–Crippen LogP) is 1.35. The van der Waals surface area contributed by atoms with Gasteiger partial charge in [0.1, 0.15) is 0 Å². The minimum Gasteiger partial charge on any atom is -0.486 e. The van der Waals surface area contributed by atoms with E-state index in [1.54, 1.807) is 20.8 Å². The molecule has 0 aromatic carbocycles. The van der Waals surface area contributed by atoms with E-state index >= 15 is 0 Å². The Balaban J connectivity index is 4.77. The van der Waals surface area contributed by atoms with Crippen molar-refractivity contribution in [2.24, 2.45) is 0 Å². The van der Waals surface area contributed by atoms with E-state index in [9.17, 15) is 14.4 Å². The molecule has 0 N–H and O–H groups in total. The number of carbonyl (C=O) groups excluding carboxylic acids is 3. The molecule has 0 fully saturated rings. The molecule has 0 heterocycles. The summed E-state index contributed by atoms with van der Waals surface area (Å²) in [6.45, 7) is 7.03. The third-order valence-corrected chi connectivity index (χ3v) is 2.21.